The highest BCUT2D eigenvalue weighted by atomic mass is 32.1. The van der Waals surface area contributed by atoms with E-state index >= 15 is 0 Å². The molecule has 5 heteroatoms. The summed E-state index contributed by atoms with van der Waals surface area (Å²) < 4.78 is 2.16. The fraction of sp³-hybridized carbons (Fsp3) is 0.182. The maximum Gasteiger partial charge on any atom is 0.191 e. The Bertz CT molecular complexity index is 943. The number of thiocarbonyl (C=S) groups is 1. The number of hydrazone groups is 1. The Labute approximate surface area is 165 Å². The topological polar surface area (TPSA) is 41.4 Å². The minimum Gasteiger partial charge on any atom is -0.342 e. The summed E-state index contributed by atoms with van der Waals surface area (Å²) in [4.78, 5) is 0. The smallest absolute Gasteiger partial charge is 0.191 e. The molecule has 0 radical (unpaired) electrons. The van der Waals surface area contributed by atoms with Gasteiger partial charge in [0.1, 0.15) is 0 Å². The standard InChI is InChI=1S/C22H24N4S/c1-3-19-10-4-5-12-21(19)24-22(27)25-23-15-20-11-7-13-26(20)16-18-9-6-8-17(2)14-18/h4-15H,3,16H2,1-2H3,(H2,24,25,27)/b23-15+. The Morgan fingerprint density at radius 1 is 1.11 bits per heavy atom. The predicted octanol–water partition coefficient (Wildman–Crippen LogP) is 4.73. The van der Waals surface area contributed by atoms with E-state index in [1.165, 1.54) is 16.7 Å². The van der Waals surface area contributed by atoms with Crippen LogP contribution in [0.25, 0.3) is 0 Å². The van der Waals surface area contributed by atoms with Crippen molar-refractivity contribution in [3.8, 4) is 0 Å². The fourth-order valence-electron chi connectivity index (χ4n) is 2.95. The molecular formula is C22H24N4S. The van der Waals surface area contributed by atoms with Crippen LogP contribution in [0.1, 0.15) is 29.3 Å². The maximum absolute atomic E-state index is 5.35. The van der Waals surface area contributed by atoms with Crippen molar-refractivity contribution >= 4 is 29.2 Å². The van der Waals surface area contributed by atoms with E-state index in [-0.39, 0.29) is 0 Å². The van der Waals surface area contributed by atoms with Crippen LogP contribution in [0.4, 0.5) is 5.69 Å². The van der Waals surface area contributed by atoms with Gasteiger partial charge in [-0.1, -0.05) is 55.0 Å². The van der Waals surface area contributed by atoms with Crippen molar-refractivity contribution in [3.63, 3.8) is 0 Å². The van der Waals surface area contributed by atoms with Gasteiger partial charge in [-0.25, -0.2) is 0 Å². The summed E-state index contributed by atoms with van der Waals surface area (Å²) in [5.41, 5.74) is 8.67. The van der Waals surface area contributed by atoms with Crippen molar-refractivity contribution in [1.29, 1.82) is 0 Å². The molecular weight excluding hydrogens is 352 g/mol. The molecule has 0 spiro atoms. The number of hydrogen-bond acceptors (Lipinski definition) is 2. The summed E-state index contributed by atoms with van der Waals surface area (Å²) in [6, 6.07) is 20.7. The average molecular weight is 377 g/mol. The van der Waals surface area contributed by atoms with Crippen molar-refractivity contribution in [2.75, 3.05) is 5.32 Å². The number of aromatic nitrogens is 1. The van der Waals surface area contributed by atoms with Crippen LogP contribution in [0.5, 0.6) is 0 Å². The van der Waals surface area contributed by atoms with Gasteiger partial charge in [-0.3, -0.25) is 5.43 Å². The first kappa shape index (κ1) is 18.9. The van der Waals surface area contributed by atoms with E-state index < -0.39 is 0 Å². The minimum absolute atomic E-state index is 0.476. The summed E-state index contributed by atoms with van der Waals surface area (Å²) in [6.45, 7) is 5.04. The van der Waals surface area contributed by atoms with Crippen molar-refractivity contribution in [2.24, 2.45) is 5.10 Å². The second kappa shape index (κ2) is 9.14. The third-order valence-electron chi connectivity index (χ3n) is 4.31. The van der Waals surface area contributed by atoms with Crippen molar-refractivity contribution < 1.29 is 0 Å². The summed E-state index contributed by atoms with van der Waals surface area (Å²) >= 11 is 5.35. The van der Waals surface area contributed by atoms with Crippen LogP contribution in [-0.4, -0.2) is 15.9 Å². The highest BCUT2D eigenvalue weighted by Crippen LogP contribution is 2.15. The van der Waals surface area contributed by atoms with Crippen LogP contribution in [-0.2, 0) is 13.0 Å². The van der Waals surface area contributed by atoms with Gasteiger partial charge in [0.2, 0.25) is 0 Å². The van der Waals surface area contributed by atoms with Gasteiger partial charge in [0.25, 0.3) is 0 Å². The molecule has 1 heterocycles. The predicted molar refractivity (Wildman–Crippen MR) is 117 cm³/mol. The zero-order valence-electron chi connectivity index (χ0n) is 15.6. The maximum atomic E-state index is 5.35. The molecule has 0 amide bonds. The van der Waals surface area contributed by atoms with Crippen LogP contribution in [0.15, 0.2) is 72.0 Å². The molecule has 1 aromatic heterocycles. The molecule has 2 N–H and O–H groups in total. The molecule has 0 unspecified atom stereocenters. The van der Waals surface area contributed by atoms with Crippen LogP contribution >= 0.6 is 12.2 Å². The Morgan fingerprint density at radius 2 is 1.96 bits per heavy atom. The van der Waals surface area contributed by atoms with Gasteiger partial charge < -0.3 is 9.88 Å². The molecule has 27 heavy (non-hydrogen) atoms. The molecule has 0 aliphatic rings. The number of anilines is 1. The molecule has 4 nitrogen and oxygen atoms in total. The molecule has 0 aliphatic heterocycles. The van der Waals surface area contributed by atoms with Crippen LogP contribution in [0.2, 0.25) is 0 Å². The van der Waals surface area contributed by atoms with Gasteiger partial charge >= 0.3 is 0 Å². The van der Waals surface area contributed by atoms with Crippen LogP contribution in [0, 0.1) is 6.92 Å². The van der Waals surface area contributed by atoms with E-state index in [1.54, 1.807) is 6.21 Å². The van der Waals surface area contributed by atoms with Crippen molar-refractivity contribution in [3.05, 3.63) is 89.2 Å². The molecule has 0 fully saturated rings. The summed E-state index contributed by atoms with van der Waals surface area (Å²) in [7, 11) is 0. The molecule has 0 aliphatic carbocycles. The number of rotatable bonds is 6. The third-order valence-corrected chi connectivity index (χ3v) is 4.50. The van der Waals surface area contributed by atoms with Gasteiger partial charge in [-0.05, 0) is 54.9 Å². The lowest BCUT2D eigenvalue weighted by Gasteiger charge is -2.11. The van der Waals surface area contributed by atoms with Gasteiger partial charge in [-0.15, -0.1) is 0 Å². The number of hydrogen-bond donors (Lipinski definition) is 2. The van der Waals surface area contributed by atoms with E-state index in [1.807, 2.05) is 30.3 Å². The molecule has 3 aromatic rings. The van der Waals surface area contributed by atoms with E-state index in [0.29, 0.717) is 5.11 Å². The molecule has 0 saturated carbocycles. The largest absolute Gasteiger partial charge is 0.342 e. The van der Waals surface area contributed by atoms with Crippen LogP contribution < -0.4 is 10.7 Å². The molecule has 0 atom stereocenters. The number of benzene rings is 2. The van der Waals surface area contributed by atoms with E-state index in [0.717, 1.165) is 24.3 Å². The van der Waals surface area contributed by atoms with Gasteiger partial charge in [0.15, 0.2) is 5.11 Å². The van der Waals surface area contributed by atoms with E-state index in [2.05, 4.69) is 70.8 Å². The Balaban J connectivity index is 1.60. The number of para-hydroxylation sites is 1. The molecule has 3 rings (SSSR count). The van der Waals surface area contributed by atoms with Crippen molar-refractivity contribution in [2.45, 2.75) is 26.8 Å². The second-order valence-electron chi connectivity index (χ2n) is 6.38. The Morgan fingerprint density at radius 3 is 2.78 bits per heavy atom. The number of nitrogens with one attached hydrogen (secondary N) is 2. The fourth-order valence-corrected chi connectivity index (χ4v) is 3.12. The zero-order chi connectivity index (χ0) is 19.1. The SMILES string of the molecule is CCc1ccccc1NC(=S)N/N=C/c1cccn1Cc1cccc(C)c1. The van der Waals surface area contributed by atoms with Crippen LogP contribution in [0.3, 0.4) is 0 Å². The highest BCUT2D eigenvalue weighted by molar-refractivity contribution is 7.80. The minimum atomic E-state index is 0.476. The average Bonchev–Trinajstić information content (AvgIpc) is 3.09. The normalized spacial score (nSPS) is 10.9. The molecule has 0 saturated heterocycles. The quantitative estimate of drug-likeness (QED) is 0.371. The molecule has 0 bridgehead atoms. The summed E-state index contributed by atoms with van der Waals surface area (Å²) in [5, 5.41) is 7.96. The second-order valence-corrected chi connectivity index (χ2v) is 6.79. The first-order valence-corrected chi connectivity index (χ1v) is 9.45. The Kier molecular flexibility index (Phi) is 6.39. The van der Waals surface area contributed by atoms with E-state index in [4.69, 9.17) is 12.2 Å². The summed E-state index contributed by atoms with van der Waals surface area (Å²) in [5.74, 6) is 0. The first-order valence-electron chi connectivity index (χ1n) is 9.04. The van der Waals surface area contributed by atoms with Crippen molar-refractivity contribution in [1.82, 2.24) is 9.99 Å². The zero-order valence-corrected chi connectivity index (χ0v) is 16.5. The molecule has 138 valence electrons. The lowest BCUT2D eigenvalue weighted by atomic mass is 10.1. The summed E-state index contributed by atoms with van der Waals surface area (Å²) in [6.07, 6.45) is 4.79. The van der Waals surface area contributed by atoms with E-state index in [9.17, 15) is 0 Å². The van der Waals surface area contributed by atoms with Gasteiger partial charge in [0.05, 0.1) is 11.9 Å². The van der Waals surface area contributed by atoms with Gasteiger partial charge in [-0.2, -0.15) is 5.10 Å². The number of nitrogens with zero attached hydrogens (tertiary/aromatic N) is 2. The monoisotopic (exact) mass is 376 g/mol. The molecule has 2 aromatic carbocycles. The first-order chi connectivity index (χ1) is 13.2. The lowest BCUT2D eigenvalue weighted by Crippen LogP contribution is -2.24. The third kappa shape index (κ3) is 5.28. The van der Waals surface area contributed by atoms with Gasteiger partial charge in [0, 0.05) is 18.4 Å². The number of aryl methyl sites for hydroxylation is 2. The lowest BCUT2D eigenvalue weighted by molar-refractivity contribution is 0.798. The Hall–Kier alpha value is -2.92. The highest BCUT2D eigenvalue weighted by Gasteiger charge is 2.02.